The Morgan fingerprint density at radius 3 is 2.48 bits per heavy atom. The van der Waals surface area contributed by atoms with Gasteiger partial charge < -0.3 is 9.67 Å². The summed E-state index contributed by atoms with van der Waals surface area (Å²) in [6.45, 7) is 9.28. The van der Waals surface area contributed by atoms with Gasteiger partial charge in [-0.3, -0.25) is 0 Å². The molecule has 4 heteroatoms. The van der Waals surface area contributed by atoms with Crippen molar-refractivity contribution in [3.05, 3.63) is 64.6 Å². The summed E-state index contributed by atoms with van der Waals surface area (Å²) < 4.78 is 2.23. The number of aryl methyl sites for hydroxylation is 2. The highest BCUT2D eigenvalue weighted by molar-refractivity contribution is 5.76. The molecular weight excluding hydrogens is 310 g/mol. The lowest BCUT2D eigenvalue weighted by Gasteiger charge is -2.11. The smallest absolute Gasteiger partial charge is 0.160 e. The van der Waals surface area contributed by atoms with Crippen LogP contribution in [-0.4, -0.2) is 26.2 Å². The minimum absolute atomic E-state index is 0.0604. The molecule has 130 valence electrons. The zero-order valence-electron chi connectivity index (χ0n) is 15.3. The largest absolute Gasteiger partial charge is 0.392 e. The summed E-state index contributed by atoms with van der Waals surface area (Å²) in [6, 6.07) is 10.5. The second kappa shape index (κ2) is 7.19. The topological polar surface area (TPSA) is 50.9 Å². The Balaban J connectivity index is 2.02. The summed E-state index contributed by atoms with van der Waals surface area (Å²) in [6.07, 6.45) is 3.66. The number of nitrogens with zero attached hydrogens (tertiary/aromatic N) is 3. The van der Waals surface area contributed by atoms with Gasteiger partial charge in [0.2, 0.25) is 0 Å². The zero-order valence-corrected chi connectivity index (χ0v) is 15.3. The van der Waals surface area contributed by atoms with Crippen LogP contribution < -0.4 is 0 Å². The highest BCUT2D eigenvalue weighted by Crippen LogP contribution is 2.24. The maximum Gasteiger partial charge on any atom is 0.160 e. The molecule has 0 fully saturated rings. The van der Waals surface area contributed by atoms with Crippen LogP contribution in [0.3, 0.4) is 0 Å². The van der Waals surface area contributed by atoms with Crippen molar-refractivity contribution in [1.82, 2.24) is 14.5 Å². The van der Waals surface area contributed by atoms with Gasteiger partial charge in [-0.05, 0) is 36.6 Å². The van der Waals surface area contributed by atoms with Crippen LogP contribution in [0.2, 0.25) is 0 Å². The summed E-state index contributed by atoms with van der Waals surface area (Å²) in [4.78, 5) is 9.62. The molecule has 0 spiro atoms. The average Bonchev–Trinajstić information content (AvgIpc) is 2.93. The molecular formula is C21H25N3O. The van der Waals surface area contributed by atoms with Crippen LogP contribution in [0, 0.1) is 13.8 Å². The standard InChI is InChI=1S/C21H25N3O/c1-14(2)20-23-19-15(3)12-16(4)22-21(19)24(20)13-18-9-7-17(8-10-18)6-5-11-25/h5-10,12,14,25H,11,13H2,1-4H3. The van der Waals surface area contributed by atoms with Crippen molar-refractivity contribution in [3.63, 3.8) is 0 Å². The lowest BCUT2D eigenvalue weighted by Crippen LogP contribution is -2.07. The molecule has 4 nitrogen and oxygen atoms in total. The Hall–Kier alpha value is -2.46. The van der Waals surface area contributed by atoms with Crippen molar-refractivity contribution in [1.29, 1.82) is 0 Å². The molecule has 3 rings (SSSR count). The first kappa shape index (κ1) is 17.4. The number of pyridine rings is 1. The first-order chi connectivity index (χ1) is 12.0. The molecule has 0 amide bonds. The fourth-order valence-corrected chi connectivity index (χ4v) is 3.12. The molecule has 0 saturated heterocycles. The first-order valence-corrected chi connectivity index (χ1v) is 8.70. The monoisotopic (exact) mass is 335 g/mol. The van der Waals surface area contributed by atoms with Gasteiger partial charge in [0.05, 0.1) is 13.2 Å². The van der Waals surface area contributed by atoms with Crippen LogP contribution in [0.4, 0.5) is 0 Å². The Labute approximate surface area is 148 Å². The number of aliphatic hydroxyl groups is 1. The van der Waals surface area contributed by atoms with Crippen molar-refractivity contribution in [3.8, 4) is 0 Å². The first-order valence-electron chi connectivity index (χ1n) is 8.70. The van der Waals surface area contributed by atoms with Gasteiger partial charge in [-0.2, -0.15) is 0 Å². The maximum atomic E-state index is 8.88. The van der Waals surface area contributed by atoms with Crippen molar-refractivity contribution in [2.45, 2.75) is 40.2 Å². The summed E-state index contributed by atoms with van der Waals surface area (Å²) in [5.41, 5.74) is 6.45. The fraction of sp³-hybridized carbons (Fsp3) is 0.333. The maximum absolute atomic E-state index is 8.88. The van der Waals surface area contributed by atoms with Gasteiger partial charge in [-0.15, -0.1) is 0 Å². The van der Waals surface area contributed by atoms with Crippen LogP contribution >= 0.6 is 0 Å². The molecule has 0 atom stereocenters. The third kappa shape index (κ3) is 3.64. The molecule has 0 bridgehead atoms. The Morgan fingerprint density at radius 2 is 1.84 bits per heavy atom. The molecule has 0 unspecified atom stereocenters. The number of imidazole rings is 1. The Kier molecular flexibility index (Phi) is 5.00. The number of fused-ring (bicyclic) bond motifs is 1. The molecule has 0 aliphatic carbocycles. The Bertz CT molecular complexity index is 905. The van der Waals surface area contributed by atoms with Crippen LogP contribution in [-0.2, 0) is 6.54 Å². The molecule has 0 aliphatic heterocycles. The number of aromatic nitrogens is 3. The predicted octanol–water partition coefficient (Wildman–Crippen LogP) is 4.23. The van der Waals surface area contributed by atoms with Crippen molar-refractivity contribution < 1.29 is 5.11 Å². The molecule has 1 N–H and O–H groups in total. The van der Waals surface area contributed by atoms with E-state index in [0.717, 1.165) is 34.8 Å². The molecule has 3 aromatic rings. The summed E-state index contributed by atoms with van der Waals surface area (Å²) in [5, 5.41) is 8.88. The number of aliphatic hydroxyl groups excluding tert-OH is 1. The van der Waals surface area contributed by atoms with E-state index >= 15 is 0 Å². The van der Waals surface area contributed by atoms with E-state index in [-0.39, 0.29) is 6.61 Å². The minimum Gasteiger partial charge on any atom is -0.392 e. The van der Waals surface area contributed by atoms with Crippen LogP contribution in [0.1, 0.15) is 48.0 Å². The fourth-order valence-electron chi connectivity index (χ4n) is 3.12. The Morgan fingerprint density at radius 1 is 1.12 bits per heavy atom. The molecule has 0 aliphatic rings. The molecule has 1 aromatic carbocycles. The van der Waals surface area contributed by atoms with Gasteiger partial charge in [0.1, 0.15) is 11.3 Å². The normalized spacial score (nSPS) is 11.9. The second-order valence-corrected chi connectivity index (χ2v) is 6.79. The average molecular weight is 335 g/mol. The van der Waals surface area contributed by atoms with Gasteiger partial charge in [-0.1, -0.05) is 50.3 Å². The van der Waals surface area contributed by atoms with E-state index in [2.05, 4.69) is 55.7 Å². The van der Waals surface area contributed by atoms with Crippen LogP contribution in [0.15, 0.2) is 36.4 Å². The molecule has 0 radical (unpaired) electrons. The third-order valence-electron chi connectivity index (χ3n) is 4.30. The number of hydrogen-bond acceptors (Lipinski definition) is 3. The highest BCUT2D eigenvalue weighted by atomic mass is 16.2. The molecule has 2 heterocycles. The van der Waals surface area contributed by atoms with Gasteiger partial charge in [0.15, 0.2) is 5.65 Å². The van der Waals surface area contributed by atoms with E-state index in [1.165, 1.54) is 11.1 Å². The van der Waals surface area contributed by atoms with E-state index in [1.54, 1.807) is 6.08 Å². The summed E-state index contributed by atoms with van der Waals surface area (Å²) in [7, 11) is 0. The van der Waals surface area contributed by atoms with Crippen molar-refractivity contribution in [2.24, 2.45) is 0 Å². The molecule has 0 saturated carbocycles. The van der Waals surface area contributed by atoms with Crippen molar-refractivity contribution in [2.75, 3.05) is 6.61 Å². The number of rotatable bonds is 5. The second-order valence-electron chi connectivity index (χ2n) is 6.79. The van der Waals surface area contributed by atoms with E-state index < -0.39 is 0 Å². The van der Waals surface area contributed by atoms with Gasteiger partial charge >= 0.3 is 0 Å². The van der Waals surface area contributed by atoms with E-state index in [9.17, 15) is 0 Å². The summed E-state index contributed by atoms with van der Waals surface area (Å²) in [5.74, 6) is 1.40. The van der Waals surface area contributed by atoms with E-state index in [0.29, 0.717) is 5.92 Å². The number of benzene rings is 1. The quantitative estimate of drug-likeness (QED) is 0.759. The summed E-state index contributed by atoms with van der Waals surface area (Å²) >= 11 is 0. The van der Waals surface area contributed by atoms with Gasteiger partial charge in [0.25, 0.3) is 0 Å². The van der Waals surface area contributed by atoms with Gasteiger partial charge in [0, 0.05) is 11.6 Å². The van der Waals surface area contributed by atoms with Crippen molar-refractivity contribution >= 4 is 17.2 Å². The van der Waals surface area contributed by atoms with Crippen LogP contribution in [0.5, 0.6) is 0 Å². The predicted molar refractivity (Wildman–Crippen MR) is 103 cm³/mol. The lowest BCUT2D eigenvalue weighted by molar-refractivity contribution is 0.343. The van der Waals surface area contributed by atoms with E-state index in [4.69, 9.17) is 15.1 Å². The van der Waals surface area contributed by atoms with Crippen LogP contribution in [0.25, 0.3) is 17.2 Å². The SMILES string of the molecule is Cc1cc(C)c2nc(C(C)C)n(Cc3ccc(C=CCO)cc3)c2n1. The van der Waals surface area contributed by atoms with E-state index in [1.807, 2.05) is 13.0 Å². The lowest BCUT2D eigenvalue weighted by atomic mass is 10.1. The zero-order chi connectivity index (χ0) is 18.0. The third-order valence-corrected chi connectivity index (χ3v) is 4.30. The highest BCUT2D eigenvalue weighted by Gasteiger charge is 2.17. The molecule has 2 aromatic heterocycles. The number of hydrogen-bond donors (Lipinski definition) is 1. The minimum atomic E-state index is 0.0604. The van der Waals surface area contributed by atoms with Gasteiger partial charge in [-0.25, -0.2) is 9.97 Å². The molecule has 25 heavy (non-hydrogen) atoms.